The maximum atomic E-state index is 5.24. The maximum Gasteiger partial charge on any atom is 0.223 e. The SMILES string of the molecule is COc1ccc(Cc2c(C)nc(NCc3cnc4n3CCCC4)nc2C)cc1. The van der Waals surface area contributed by atoms with Crippen molar-refractivity contribution in [2.24, 2.45) is 0 Å². The Morgan fingerprint density at radius 2 is 1.82 bits per heavy atom. The molecule has 1 aliphatic rings. The molecule has 6 heteroatoms. The van der Waals surface area contributed by atoms with Crippen LogP contribution in [0.2, 0.25) is 0 Å². The summed E-state index contributed by atoms with van der Waals surface area (Å²) in [5.74, 6) is 2.75. The van der Waals surface area contributed by atoms with Crippen LogP contribution in [0, 0.1) is 13.8 Å². The highest BCUT2D eigenvalue weighted by Gasteiger charge is 2.15. The second-order valence-corrected chi connectivity index (χ2v) is 7.35. The monoisotopic (exact) mass is 377 g/mol. The van der Waals surface area contributed by atoms with Gasteiger partial charge < -0.3 is 14.6 Å². The first-order valence-corrected chi connectivity index (χ1v) is 9.88. The van der Waals surface area contributed by atoms with Crippen molar-refractivity contribution in [1.82, 2.24) is 19.5 Å². The standard InChI is InChI=1S/C22H27N5O/c1-15-20(12-17-7-9-19(28-3)10-8-17)16(2)26-22(25-15)24-14-18-13-23-21-6-4-5-11-27(18)21/h7-10,13H,4-6,11-12,14H2,1-3H3,(H,24,25,26). The number of benzene rings is 1. The Labute approximate surface area is 166 Å². The average Bonchev–Trinajstić information content (AvgIpc) is 3.13. The van der Waals surface area contributed by atoms with Gasteiger partial charge in [0.25, 0.3) is 0 Å². The number of anilines is 1. The smallest absolute Gasteiger partial charge is 0.223 e. The first-order chi connectivity index (χ1) is 13.6. The number of fused-ring (bicyclic) bond motifs is 1. The summed E-state index contributed by atoms with van der Waals surface area (Å²) in [6, 6.07) is 8.16. The molecule has 0 spiro atoms. The van der Waals surface area contributed by atoms with Crippen molar-refractivity contribution in [1.29, 1.82) is 0 Å². The van der Waals surface area contributed by atoms with E-state index in [4.69, 9.17) is 14.7 Å². The summed E-state index contributed by atoms with van der Waals surface area (Å²) in [5, 5.41) is 3.39. The van der Waals surface area contributed by atoms with Crippen LogP contribution >= 0.6 is 0 Å². The highest BCUT2D eigenvalue weighted by molar-refractivity contribution is 5.38. The van der Waals surface area contributed by atoms with Gasteiger partial charge in [-0.05, 0) is 49.9 Å². The first-order valence-electron chi connectivity index (χ1n) is 9.88. The van der Waals surface area contributed by atoms with E-state index in [1.807, 2.05) is 18.3 Å². The normalized spacial score (nSPS) is 13.2. The van der Waals surface area contributed by atoms with Gasteiger partial charge in [-0.3, -0.25) is 0 Å². The third kappa shape index (κ3) is 3.86. The molecule has 6 nitrogen and oxygen atoms in total. The quantitative estimate of drug-likeness (QED) is 0.707. The van der Waals surface area contributed by atoms with E-state index in [1.165, 1.54) is 35.5 Å². The highest BCUT2D eigenvalue weighted by atomic mass is 16.5. The van der Waals surface area contributed by atoms with Gasteiger partial charge in [0, 0.05) is 30.8 Å². The molecule has 1 aromatic carbocycles. The molecule has 0 radical (unpaired) electrons. The second kappa shape index (κ2) is 8.00. The number of hydrogen-bond donors (Lipinski definition) is 1. The van der Waals surface area contributed by atoms with Crippen LogP contribution in [-0.2, 0) is 25.9 Å². The van der Waals surface area contributed by atoms with Crippen molar-refractivity contribution in [3.05, 3.63) is 64.5 Å². The van der Waals surface area contributed by atoms with E-state index in [0.717, 1.165) is 36.5 Å². The molecule has 146 valence electrons. The lowest BCUT2D eigenvalue weighted by Crippen LogP contribution is -2.16. The molecule has 0 saturated heterocycles. The van der Waals surface area contributed by atoms with Gasteiger partial charge >= 0.3 is 0 Å². The number of rotatable bonds is 6. The van der Waals surface area contributed by atoms with E-state index in [1.54, 1.807) is 7.11 Å². The second-order valence-electron chi connectivity index (χ2n) is 7.35. The average molecular weight is 377 g/mol. The molecule has 0 atom stereocenters. The van der Waals surface area contributed by atoms with Crippen molar-refractivity contribution in [3.8, 4) is 5.75 Å². The molecule has 0 amide bonds. The molecule has 0 fully saturated rings. The van der Waals surface area contributed by atoms with Gasteiger partial charge in [0.2, 0.25) is 5.95 Å². The molecule has 0 unspecified atom stereocenters. The molecular weight excluding hydrogens is 350 g/mol. The summed E-state index contributed by atoms with van der Waals surface area (Å²) in [6.07, 6.45) is 6.34. The number of nitrogens with zero attached hydrogens (tertiary/aromatic N) is 4. The lowest BCUT2D eigenvalue weighted by atomic mass is 10.0. The summed E-state index contributed by atoms with van der Waals surface area (Å²) in [6.45, 7) is 5.87. The number of ether oxygens (including phenoxy) is 1. The number of aromatic nitrogens is 4. The molecule has 28 heavy (non-hydrogen) atoms. The predicted octanol–water partition coefficient (Wildman–Crippen LogP) is 3.84. The van der Waals surface area contributed by atoms with Crippen LogP contribution in [0.15, 0.2) is 30.5 Å². The fourth-order valence-electron chi connectivity index (χ4n) is 3.81. The topological polar surface area (TPSA) is 64.9 Å². The molecule has 4 rings (SSSR count). The lowest BCUT2D eigenvalue weighted by Gasteiger charge is -2.17. The van der Waals surface area contributed by atoms with Gasteiger partial charge in [0.05, 0.1) is 25.5 Å². The summed E-state index contributed by atoms with van der Waals surface area (Å²) in [7, 11) is 1.68. The Hall–Kier alpha value is -2.89. The van der Waals surface area contributed by atoms with Gasteiger partial charge in [-0.25, -0.2) is 15.0 Å². The van der Waals surface area contributed by atoms with Crippen molar-refractivity contribution >= 4 is 5.95 Å². The van der Waals surface area contributed by atoms with Crippen molar-refractivity contribution in [3.63, 3.8) is 0 Å². The van der Waals surface area contributed by atoms with Gasteiger partial charge in [-0.15, -0.1) is 0 Å². The van der Waals surface area contributed by atoms with E-state index in [9.17, 15) is 0 Å². The van der Waals surface area contributed by atoms with Crippen LogP contribution in [0.5, 0.6) is 5.75 Å². The van der Waals surface area contributed by atoms with Crippen LogP contribution in [0.25, 0.3) is 0 Å². The Morgan fingerprint density at radius 3 is 2.54 bits per heavy atom. The van der Waals surface area contributed by atoms with Gasteiger partial charge in [-0.2, -0.15) is 0 Å². The zero-order chi connectivity index (χ0) is 19.5. The van der Waals surface area contributed by atoms with Crippen molar-refractivity contribution in [2.45, 2.75) is 52.6 Å². The molecule has 1 aliphatic heterocycles. The zero-order valence-corrected chi connectivity index (χ0v) is 16.8. The Kier molecular flexibility index (Phi) is 5.28. The predicted molar refractivity (Wildman–Crippen MR) is 110 cm³/mol. The van der Waals surface area contributed by atoms with E-state index in [0.29, 0.717) is 12.5 Å². The minimum absolute atomic E-state index is 0.680. The highest BCUT2D eigenvalue weighted by Crippen LogP contribution is 2.20. The summed E-state index contributed by atoms with van der Waals surface area (Å²) < 4.78 is 7.56. The summed E-state index contributed by atoms with van der Waals surface area (Å²) in [5.41, 5.74) is 5.64. The van der Waals surface area contributed by atoms with Crippen molar-refractivity contribution in [2.75, 3.05) is 12.4 Å². The van der Waals surface area contributed by atoms with E-state index in [-0.39, 0.29) is 0 Å². The minimum atomic E-state index is 0.680. The third-order valence-corrected chi connectivity index (χ3v) is 5.44. The number of methoxy groups -OCH3 is 1. The largest absolute Gasteiger partial charge is 0.497 e. The Balaban J connectivity index is 1.47. The van der Waals surface area contributed by atoms with Crippen molar-refractivity contribution < 1.29 is 4.74 Å². The maximum absolute atomic E-state index is 5.24. The van der Waals surface area contributed by atoms with Gasteiger partial charge in [-0.1, -0.05) is 12.1 Å². The number of nitrogens with one attached hydrogen (secondary N) is 1. The number of aryl methyl sites for hydroxylation is 3. The van der Waals surface area contributed by atoms with Crippen LogP contribution in [-0.4, -0.2) is 26.6 Å². The fourth-order valence-corrected chi connectivity index (χ4v) is 3.81. The fraction of sp³-hybridized carbons (Fsp3) is 0.409. The van der Waals surface area contributed by atoms with Crippen LogP contribution < -0.4 is 10.1 Å². The molecule has 0 saturated carbocycles. The van der Waals surface area contributed by atoms with Crippen LogP contribution in [0.3, 0.4) is 0 Å². The van der Waals surface area contributed by atoms with E-state index >= 15 is 0 Å². The van der Waals surface area contributed by atoms with E-state index < -0.39 is 0 Å². The van der Waals surface area contributed by atoms with Crippen LogP contribution in [0.1, 0.15) is 46.9 Å². The number of hydrogen-bond acceptors (Lipinski definition) is 5. The minimum Gasteiger partial charge on any atom is -0.497 e. The molecular formula is C22H27N5O. The molecule has 0 bridgehead atoms. The van der Waals surface area contributed by atoms with Gasteiger partial charge in [0.15, 0.2) is 0 Å². The first kappa shape index (κ1) is 18.5. The van der Waals surface area contributed by atoms with E-state index in [2.05, 4.69) is 40.8 Å². The molecule has 0 aliphatic carbocycles. The Morgan fingerprint density at radius 1 is 1.07 bits per heavy atom. The van der Waals surface area contributed by atoms with Crippen LogP contribution in [0.4, 0.5) is 5.95 Å². The molecule has 2 aromatic heterocycles. The lowest BCUT2D eigenvalue weighted by molar-refractivity contribution is 0.414. The summed E-state index contributed by atoms with van der Waals surface area (Å²) >= 11 is 0. The molecule has 3 heterocycles. The Bertz CT molecular complexity index is 939. The van der Waals surface area contributed by atoms with Gasteiger partial charge in [0.1, 0.15) is 11.6 Å². The third-order valence-electron chi connectivity index (χ3n) is 5.44. The molecule has 1 N–H and O–H groups in total. The molecule has 3 aromatic rings. The summed E-state index contributed by atoms with van der Waals surface area (Å²) in [4.78, 5) is 13.9. The zero-order valence-electron chi connectivity index (χ0n) is 16.8. The number of imidazole rings is 1.